The van der Waals surface area contributed by atoms with Crippen LogP contribution < -0.4 is 10.6 Å². The van der Waals surface area contributed by atoms with Gasteiger partial charge in [0.2, 0.25) is 0 Å². The molecule has 1 aliphatic heterocycles. The molecular weight excluding hydrogens is 470 g/mol. The number of guanidine groups is 1. The molecule has 28 heavy (non-hydrogen) atoms. The van der Waals surface area contributed by atoms with Gasteiger partial charge in [-0.25, -0.2) is 9.38 Å². The van der Waals surface area contributed by atoms with Gasteiger partial charge >= 0.3 is 0 Å². The molecule has 1 aliphatic carbocycles. The zero-order valence-corrected chi connectivity index (χ0v) is 18.6. The van der Waals surface area contributed by atoms with Gasteiger partial charge in [0.1, 0.15) is 18.2 Å². The molecule has 6 nitrogen and oxygen atoms in total. The molecule has 4 rings (SSSR count). The number of rotatable bonds is 6. The molecule has 0 radical (unpaired) electrons. The van der Waals surface area contributed by atoms with Crippen molar-refractivity contribution >= 4 is 29.9 Å². The lowest BCUT2D eigenvalue weighted by molar-refractivity contribution is 0.508. The molecule has 2 heterocycles. The number of hydrogen-bond donors (Lipinski definition) is 2. The zero-order chi connectivity index (χ0) is 18.7. The van der Waals surface area contributed by atoms with Gasteiger partial charge in [-0.2, -0.15) is 0 Å². The Labute approximate surface area is 182 Å². The van der Waals surface area contributed by atoms with Gasteiger partial charge in [-0.3, -0.25) is 0 Å². The minimum Gasteiger partial charge on any atom is -0.357 e. The average Bonchev–Trinajstić information content (AvgIpc) is 3.37. The lowest BCUT2D eigenvalue weighted by Crippen LogP contribution is -2.41. The van der Waals surface area contributed by atoms with Gasteiger partial charge in [-0.15, -0.1) is 34.2 Å². The van der Waals surface area contributed by atoms with Crippen molar-refractivity contribution in [2.45, 2.75) is 57.5 Å². The molecule has 1 aromatic heterocycles. The van der Waals surface area contributed by atoms with E-state index in [-0.39, 0.29) is 35.2 Å². The number of nitrogens with zero attached hydrogens (tertiary/aromatic N) is 4. The third-order valence-corrected chi connectivity index (χ3v) is 5.54. The van der Waals surface area contributed by atoms with E-state index >= 15 is 0 Å². The first-order chi connectivity index (χ1) is 13.2. The van der Waals surface area contributed by atoms with Gasteiger partial charge in [-0.05, 0) is 50.3 Å². The highest BCUT2D eigenvalue weighted by molar-refractivity contribution is 14.0. The number of benzene rings is 1. The molecular formula is C20H28FIN6. The SMILES string of the molecule is CCNC(=NCc1nnc2n1CCCC2)NCC1(c2cccc(F)c2)CC1.I. The molecule has 0 amide bonds. The Morgan fingerprint density at radius 2 is 2.11 bits per heavy atom. The van der Waals surface area contributed by atoms with Crippen LogP contribution in [0.15, 0.2) is 29.3 Å². The monoisotopic (exact) mass is 498 g/mol. The van der Waals surface area contributed by atoms with Crippen molar-refractivity contribution in [2.75, 3.05) is 13.1 Å². The highest BCUT2D eigenvalue weighted by atomic mass is 127. The van der Waals surface area contributed by atoms with Gasteiger partial charge in [0.25, 0.3) is 0 Å². The van der Waals surface area contributed by atoms with Crippen molar-refractivity contribution in [3.63, 3.8) is 0 Å². The van der Waals surface area contributed by atoms with Crippen LogP contribution in [0, 0.1) is 5.82 Å². The van der Waals surface area contributed by atoms with E-state index in [1.165, 1.54) is 18.9 Å². The number of hydrogen-bond acceptors (Lipinski definition) is 3. The molecule has 152 valence electrons. The summed E-state index contributed by atoms with van der Waals surface area (Å²) < 4.78 is 15.8. The van der Waals surface area contributed by atoms with Crippen LogP contribution in [0.2, 0.25) is 0 Å². The second-order valence-corrected chi connectivity index (χ2v) is 7.48. The summed E-state index contributed by atoms with van der Waals surface area (Å²) >= 11 is 0. The standard InChI is InChI=1S/C20H27FN6.HI/c1-2-22-19(23-13-18-26-25-17-8-3-4-11-27(17)18)24-14-20(9-10-20)15-6-5-7-16(21)12-15;/h5-7,12H,2-4,8-11,13-14H2,1H3,(H2,22,23,24);1H. The van der Waals surface area contributed by atoms with Gasteiger partial charge in [0.05, 0.1) is 0 Å². The smallest absolute Gasteiger partial charge is 0.191 e. The largest absolute Gasteiger partial charge is 0.357 e. The number of aliphatic imine (C=N–C) groups is 1. The van der Waals surface area contributed by atoms with Crippen molar-refractivity contribution in [1.82, 2.24) is 25.4 Å². The summed E-state index contributed by atoms with van der Waals surface area (Å²) in [6.07, 6.45) is 5.51. The van der Waals surface area contributed by atoms with Crippen molar-refractivity contribution in [1.29, 1.82) is 0 Å². The molecule has 0 atom stereocenters. The molecule has 2 N–H and O–H groups in total. The van der Waals surface area contributed by atoms with Crippen LogP contribution in [0.3, 0.4) is 0 Å². The molecule has 8 heteroatoms. The van der Waals surface area contributed by atoms with Gasteiger partial charge in [0.15, 0.2) is 11.8 Å². The maximum Gasteiger partial charge on any atom is 0.191 e. The zero-order valence-electron chi connectivity index (χ0n) is 16.2. The third-order valence-electron chi connectivity index (χ3n) is 5.54. The lowest BCUT2D eigenvalue weighted by atomic mass is 9.96. The summed E-state index contributed by atoms with van der Waals surface area (Å²) in [6, 6.07) is 6.96. The van der Waals surface area contributed by atoms with E-state index in [0.29, 0.717) is 6.54 Å². The Morgan fingerprint density at radius 1 is 1.25 bits per heavy atom. The van der Waals surface area contributed by atoms with E-state index in [2.05, 4.69) is 32.3 Å². The van der Waals surface area contributed by atoms with Crippen LogP contribution in [-0.2, 0) is 24.9 Å². The summed E-state index contributed by atoms with van der Waals surface area (Å²) in [7, 11) is 0. The molecule has 2 aromatic rings. The van der Waals surface area contributed by atoms with Gasteiger partial charge in [-0.1, -0.05) is 12.1 Å². The molecule has 0 unspecified atom stereocenters. The molecule has 0 spiro atoms. The Bertz CT molecular complexity index is 830. The highest BCUT2D eigenvalue weighted by Gasteiger charge is 2.44. The minimum absolute atomic E-state index is 0. The number of aromatic nitrogens is 3. The molecule has 0 bridgehead atoms. The molecule has 1 fully saturated rings. The first-order valence-electron chi connectivity index (χ1n) is 9.89. The summed E-state index contributed by atoms with van der Waals surface area (Å²) in [4.78, 5) is 4.70. The van der Waals surface area contributed by atoms with Crippen LogP contribution in [-0.4, -0.2) is 33.8 Å². The van der Waals surface area contributed by atoms with E-state index in [1.54, 1.807) is 12.1 Å². The van der Waals surface area contributed by atoms with E-state index in [1.807, 2.05) is 6.07 Å². The Hall–Kier alpha value is -1.71. The number of aryl methyl sites for hydroxylation is 1. The summed E-state index contributed by atoms with van der Waals surface area (Å²) in [5.74, 6) is 2.60. The van der Waals surface area contributed by atoms with E-state index in [9.17, 15) is 4.39 Å². The maximum absolute atomic E-state index is 13.6. The predicted octanol–water partition coefficient (Wildman–Crippen LogP) is 3.16. The van der Waals surface area contributed by atoms with Gasteiger partial charge < -0.3 is 15.2 Å². The van der Waals surface area contributed by atoms with Crippen molar-refractivity contribution in [3.05, 3.63) is 47.3 Å². The van der Waals surface area contributed by atoms with Gasteiger partial charge in [0, 0.05) is 31.5 Å². The average molecular weight is 498 g/mol. The lowest BCUT2D eigenvalue weighted by Gasteiger charge is -2.19. The summed E-state index contributed by atoms with van der Waals surface area (Å²) in [5, 5.41) is 15.3. The van der Waals surface area contributed by atoms with Crippen LogP contribution in [0.25, 0.3) is 0 Å². The highest BCUT2D eigenvalue weighted by Crippen LogP contribution is 2.47. The first kappa shape index (κ1) is 21.0. The van der Waals surface area contributed by atoms with Crippen LogP contribution in [0.5, 0.6) is 0 Å². The maximum atomic E-state index is 13.6. The number of halogens is 2. The number of nitrogens with one attached hydrogen (secondary N) is 2. The molecule has 2 aliphatic rings. The Balaban J connectivity index is 0.00000225. The summed E-state index contributed by atoms with van der Waals surface area (Å²) in [6.45, 7) is 5.09. The van der Waals surface area contributed by atoms with Crippen LogP contribution in [0.4, 0.5) is 4.39 Å². The second-order valence-electron chi connectivity index (χ2n) is 7.48. The second kappa shape index (κ2) is 9.19. The molecule has 0 saturated heterocycles. The van der Waals surface area contributed by atoms with Crippen LogP contribution in [0.1, 0.15) is 49.8 Å². The first-order valence-corrected chi connectivity index (χ1v) is 9.89. The molecule has 1 saturated carbocycles. The fourth-order valence-electron chi connectivity index (χ4n) is 3.77. The molecule has 1 aromatic carbocycles. The summed E-state index contributed by atoms with van der Waals surface area (Å²) in [5.41, 5.74) is 1.09. The third kappa shape index (κ3) is 4.64. The number of fused-ring (bicyclic) bond motifs is 1. The fourth-order valence-corrected chi connectivity index (χ4v) is 3.77. The normalized spacial score (nSPS) is 17.4. The van der Waals surface area contributed by atoms with Crippen molar-refractivity contribution in [2.24, 2.45) is 4.99 Å². The van der Waals surface area contributed by atoms with Crippen molar-refractivity contribution in [3.8, 4) is 0 Å². The Kier molecular flexibility index (Phi) is 6.90. The van der Waals surface area contributed by atoms with Crippen LogP contribution >= 0.6 is 24.0 Å². The quantitative estimate of drug-likeness (QED) is 0.365. The minimum atomic E-state index is -0.170. The van der Waals surface area contributed by atoms with E-state index in [0.717, 1.165) is 62.1 Å². The fraction of sp³-hybridized carbons (Fsp3) is 0.550. The topological polar surface area (TPSA) is 67.1 Å². The van der Waals surface area contributed by atoms with E-state index in [4.69, 9.17) is 4.99 Å². The van der Waals surface area contributed by atoms with E-state index < -0.39 is 0 Å². The Morgan fingerprint density at radius 3 is 2.86 bits per heavy atom. The van der Waals surface area contributed by atoms with Crippen molar-refractivity contribution < 1.29 is 4.39 Å². The predicted molar refractivity (Wildman–Crippen MR) is 119 cm³/mol.